The van der Waals surface area contributed by atoms with Gasteiger partial charge in [-0.05, 0) is 13.3 Å². The normalized spacial score (nSPS) is 19.5. The Balaban J connectivity index is 0.000000921. The molecule has 0 N–H and O–H groups in total. The fourth-order valence-electron chi connectivity index (χ4n) is 1.30. The van der Waals surface area contributed by atoms with Crippen LogP contribution in [-0.2, 0) is 14.3 Å². The van der Waals surface area contributed by atoms with Gasteiger partial charge in [-0.15, -0.1) is 0 Å². The molecule has 1 rings (SSSR count). The summed E-state index contributed by atoms with van der Waals surface area (Å²) in [5.41, 5.74) is 0. The van der Waals surface area contributed by atoms with Crippen molar-refractivity contribution >= 4 is 24.4 Å². The summed E-state index contributed by atoms with van der Waals surface area (Å²) in [5, 5.41) is 0. The van der Waals surface area contributed by atoms with E-state index >= 15 is 0 Å². The Morgan fingerprint density at radius 2 is 2.20 bits per heavy atom. The van der Waals surface area contributed by atoms with Gasteiger partial charge in [0.2, 0.25) is 0 Å². The van der Waals surface area contributed by atoms with Crippen LogP contribution in [0.4, 0.5) is 0 Å². The van der Waals surface area contributed by atoms with Gasteiger partial charge in [0.25, 0.3) is 0 Å². The number of cyclic esters (lactones) is 1. The van der Waals surface area contributed by atoms with Crippen LogP contribution < -0.4 is 0 Å². The third-order valence-corrected chi connectivity index (χ3v) is 2.28. The first-order valence-corrected chi connectivity index (χ1v) is 5.85. The molecule has 0 radical (unpaired) electrons. The van der Waals surface area contributed by atoms with Gasteiger partial charge in [0.15, 0.2) is 0 Å². The maximum Gasteiger partial charge on any atom is 0.307 e. The fourth-order valence-corrected chi connectivity index (χ4v) is 1.30. The van der Waals surface area contributed by atoms with E-state index in [1.54, 1.807) is 6.26 Å². The van der Waals surface area contributed by atoms with E-state index in [0.717, 1.165) is 0 Å². The number of carbonyl (C=O) groups excluding carboxylic acids is 2. The number of likely N-dealkylation sites (N-methyl/N-ethyl adjacent to an activating group) is 1. The number of hydrogen-bond acceptors (Lipinski definition) is 5. The van der Waals surface area contributed by atoms with Gasteiger partial charge in [-0.25, -0.2) is 0 Å². The summed E-state index contributed by atoms with van der Waals surface area (Å²) in [7, 11) is 1.85. The predicted octanol–water partition coefficient (Wildman–Crippen LogP) is 0.759. The highest BCUT2D eigenvalue weighted by atomic mass is 32.1. The van der Waals surface area contributed by atoms with E-state index in [9.17, 15) is 9.59 Å². The lowest BCUT2D eigenvalue weighted by Gasteiger charge is -2.20. The van der Waals surface area contributed by atoms with Crippen molar-refractivity contribution in [2.24, 2.45) is 0 Å². The van der Waals surface area contributed by atoms with Crippen molar-refractivity contribution in [3.05, 3.63) is 0 Å². The molecule has 1 atom stereocenters. The average molecular weight is 233 g/mol. The van der Waals surface area contributed by atoms with Crippen LogP contribution in [-0.4, -0.2) is 49.1 Å². The molecule has 1 fully saturated rings. The molecule has 1 aliphatic heterocycles. The Bertz CT molecular complexity index is 221. The van der Waals surface area contributed by atoms with Crippen LogP contribution in [0, 0.1) is 0 Å². The molecule has 0 aliphatic carbocycles. The number of hydrogen-bond donors (Lipinski definition) is 1. The third kappa shape index (κ3) is 5.18. The molecule has 0 spiro atoms. The summed E-state index contributed by atoms with van der Waals surface area (Å²) < 4.78 is 4.81. The van der Waals surface area contributed by atoms with Crippen molar-refractivity contribution in [1.82, 2.24) is 4.90 Å². The van der Waals surface area contributed by atoms with Crippen LogP contribution in [0.5, 0.6) is 0 Å². The Morgan fingerprint density at radius 3 is 2.60 bits per heavy atom. The Kier molecular flexibility index (Phi) is 7.42. The van der Waals surface area contributed by atoms with Crippen molar-refractivity contribution < 1.29 is 14.3 Å². The summed E-state index contributed by atoms with van der Waals surface area (Å²) in [5.74, 6) is 0.0302. The summed E-state index contributed by atoms with van der Waals surface area (Å²) in [6.45, 7) is 2.68. The predicted molar refractivity (Wildman–Crippen MR) is 62.2 cm³/mol. The molecule has 15 heavy (non-hydrogen) atoms. The summed E-state index contributed by atoms with van der Waals surface area (Å²) in [6, 6.07) is 0.0861. The molecule has 88 valence electrons. The van der Waals surface area contributed by atoms with E-state index in [4.69, 9.17) is 4.74 Å². The van der Waals surface area contributed by atoms with Gasteiger partial charge in [0.05, 0.1) is 19.0 Å². The van der Waals surface area contributed by atoms with Crippen molar-refractivity contribution in [2.45, 2.75) is 25.8 Å². The summed E-state index contributed by atoms with van der Waals surface area (Å²) in [6.07, 6.45) is 2.65. The number of ketones is 1. The molecule has 0 aromatic rings. The first-order valence-electron chi connectivity index (χ1n) is 4.95. The lowest BCUT2D eigenvalue weighted by atomic mass is 10.2. The highest BCUT2D eigenvalue weighted by Gasteiger charge is 2.27. The highest BCUT2D eigenvalue weighted by Crippen LogP contribution is 2.11. The molecular formula is C10H19NO3S. The highest BCUT2D eigenvalue weighted by molar-refractivity contribution is 7.79. The lowest BCUT2D eigenvalue weighted by molar-refractivity contribution is -0.137. The number of carbonyl (C=O) groups is 2. The number of thiol groups is 1. The van der Waals surface area contributed by atoms with Crippen LogP contribution in [0.2, 0.25) is 0 Å². The van der Waals surface area contributed by atoms with E-state index in [0.29, 0.717) is 26.0 Å². The second kappa shape index (κ2) is 7.70. The smallest absolute Gasteiger partial charge is 0.307 e. The Labute approximate surface area is 96.4 Å². The van der Waals surface area contributed by atoms with Gasteiger partial charge in [0.1, 0.15) is 12.4 Å². The largest absolute Gasteiger partial charge is 0.464 e. The van der Waals surface area contributed by atoms with Gasteiger partial charge in [-0.2, -0.15) is 12.6 Å². The van der Waals surface area contributed by atoms with E-state index in [1.165, 1.54) is 0 Å². The van der Waals surface area contributed by atoms with E-state index in [-0.39, 0.29) is 17.8 Å². The second-order valence-corrected chi connectivity index (χ2v) is 3.35. The molecule has 0 amide bonds. The molecule has 4 nitrogen and oxygen atoms in total. The first kappa shape index (κ1) is 14.5. The molecule has 1 unspecified atom stereocenters. The van der Waals surface area contributed by atoms with Crippen LogP contribution in [0.15, 0.2) is 0 Å². The van der Waals surface area contributed by atoms with Crippen LogP contribution in [0.1, 0.15) is 19.8 Å². The standard InChI is InChI=1S/C9H15NO3.CH4S/c1-3-8(11)5-10(2)7-4-9(12)13-6-7;1-2/h7H,3-6H2,1-2H3;2H,1H3. The molecule has 1 saturated heterocycles. The minimum absolute atomic E-state index is 0.0861. The fraction of sp³-hybridized carbons (Fsp3) is 0.800. The minimum atomic E-state index is -0.166. The summed E-state index contributed by atoms with van der Waals surface area (Å²) in [4.78, 5) is 23.8. The second-order valence-electron chi connectivity index (χ2n) is 3.35. The van der Waals surface area contributed by atoms with Crippen molar-refractivity contribution in [1.29, 1.82) is 0 Å². The van der Waals surface area contributed by atoms with Crippen LogP contribution in [0.25, 0.3) is 0 Å². The van der Waals surface area contributed by atoms with Crippen molar-refractivity contribution in [2.75, 3.05) is 26.5 Å². The average Bonchev–Trinajstić information content (AvgIpc) is 2.67. The molecule has 1 aliphatic rings. The number of esters is 1. The first-order chi connectivity index (χ1) is 7.13. The number of Topliss-reactive ketones (excluding diaryl/α,β-unsaturated/α-hetero) is 1. The third-order valence-electron chi connectivity index (χ3n) is 2.28. The maximum absolute atomic E-state index is 11.1. The van der Waals surface area contributed by atoms with Crippen molar-refractivity contribution in [3.63, 3.8) is 0 Å². The number of rotatable bonds is 4. The zero-order valence-corrected chi connectivity index (χ0v) is 10.4. The van der Waals surface area contributed by atoms with Gasteiger partial charge < -0.3 is 4.74 Å². The number of nitrogens with zero attached hydrogens (tertiary/aromatic N) is 1. The SMILES string of the molecule is CCC(=O)CN(C)C1COC(=O)C1.CS. The van der Waals surface area contributed by atoms with Crippen LogP contribution >= 0.6 is 12.6 Å². The lowest BCUT2D eigenvalue weighted by Crippen LogP contribution is -2.36. The molecular weight excluding hydrogens is 214 g/mol. The maximum atomic E-state index is 11.1. The van der Waals surface area contributed by atoms with E-state index < -0.39 is 0 Å². The Morgan fingerprint density at radius 1 is 1.60 bits per heavy atom. The monoisotopic (exact) mass is 233 g/mol. The van der Waals surface area contributed by atoms with E-state index in [1.807, 2.05) is 18.9 Å². The van der Waals surface area contributed by atoms with Crippen molar-refractivity contribution in [3.8, 4) is 0 Å². The van der Waals surface area contributed by atoms with E-state index in [2.05, 4.69) is 12.6 Å². The van der Waals surface area contributed by atoms with Gasteiger partial charge in [-0.3, -0.25) is 14.5 Å². The van der Waals surface area contributed by atoms with Gasteiger partial charge in [0, 0.05) is 6.42 Å². The summed E-state index contributed by atoms with van der Waals surface area (Å²) >= 11 is 3.53. The quantitative estimate of drug-likeness (QED) is 0.575. The number of ether oxygens (including phenoxy) is 1. The molecule has 0 aromatic heterocycles. The molecule has 5 heteroatoms. The van der Waals surface area contributed by atoms with Gasteiger partial charge >= 0.3 is 5.97 Å². The molecule has 0 saturated carbocycles. The van der Waals surface area contributed by atoms with Gasteiger partial charge in [-0.1, -0.05) is 6.92 Å². The Hall–Kier alpha value is -0.550. The molecule has 0 bridgehead atoms. The zero-order valence-electron chi connectivity index (χ0n) is 9.52. The molecule has 0 aromatic carbocycles. The molecule has 1 heterocycles. The van der Waals surface area contributed by atoms with Crippen LogP contribution in [0.3, 0.4) is 0 Å². The zero-order chi connectivity index (χ0) is 11.8. The topological polar surface area (TPSA) is 46.6 Å². The minimum Gasteiger partial charge on any atom is -0.464 e.